The van der Waals surface area contributed by atoms with Gasteiger partial charge < -0.3 is 9.84 Å². The number of nitrogens with zero attached hydrogens (tertiary/aromatic N) is 2. The van der Waals surface area contributed by atoms with Gasteiger partial charge in [-0.25, -0.2) is 0 Å². The van der Waals surface area contributed by atoms with Gasteiger partial charge in [0, 0.05) is 6.54 Å². The maximum absolute atomic E-state index is 10.4. The fourth-order valence-corrected chi connectivity index (χ4v) is 1.84. The molecule has 2 unspecified atom stereocenters. The summed E-state index contributed by atoms with van der Waals surface area (Å²) < 4.78 is 7.13. The van der Waals surface area contributed by atoms with Gasteiger partial charge in [-0.3, -0.25) is 4.68 Å². The highest BCUT2D eigenvalue weighted by atomic mass is 16.5. The third-order valence-corrected chi connectivity index (χ3v) is 3.33. The summed E-state index contributed by atoms with van der Waals surface area (Å²) in [7, 11) is 1.61. The van der Waals surface area contributed by atoms with E-state index in [-0.39, 0.29) is 5.92 Å². The van der Waals surface area contributed by atoms with Crippen molar-refractivity contribution in [2.75, 3.05) is 7.11 Å². The predicted octanol–water partition coefficient (Wildman–Crippen LogP) is 2.63. The monoisotopic (exact) mass is 240 g/mol. The van der Waals surface area contributed by atoms with E-state index in [0.29, 0.717) is 11.7 Å². The number of rotatable bonds is 6. The molecule has 0 saturated carbocycles. The predicted molar refractivity (Wildman–Crippen MR) is 68.0 cm³/mol. The number of hydrogen-bond donors (Lipinski definition) is 1. The minimum Gasteiger partial charge on any atom is -0.493 e. The smallest absolute Gasteiger partial charge is 0.162 e. The third kappa shape index (κ3) is 3.00. The van der Waals surface area contributed by atoms with Crippen LogP contribution in [-0.2, 0) is 6.54 Å². The van der Waals surface area contributed by atoms with E-state index in [4.69, 9.17) is 4.74 Å². The normalized spacial score (nSPS) is 15.0. The van der Waals surface area contributed by atoms with E-state index in [0.717, 1.165) is 18.7 Å². The molecule has 0 saturated heterocycles. The van der Waals surface area contributed by atoms with Gasteiger partial charge in [0.2, 0.25) is 0 Å². The Morgan fingerprint density at radius 3 is 2.53 bits per heavy atom. The lowest BCUT2D eigenvalue weighted by Gasteiger charge is -2.23. The molecule has 1 N–H and O–H groups in total. The first-order chi connectivity index (χ1) is 8.02. The number of aromatic nitrogens is 2. The highest BCUT2D eigenvalue weighted by Gasteiger charge is 2.26. The molecule has 4 nitrogen and oxygen atoms in total. The molecule has 98 valence electrons. The van der Waals surface area contributed by atoms with Crippen LogP contribution in [0.5, 0.6) is 5.75 Å². The zero-order chi connectivity index (χ0) is 13.0. The van der Waals surface area contributed by atoms with Crippen LogP contribution in [0.25, 0.3) is 0 Å². The molecule has 0 amide bonds. The molecular weight excluding hydrogens is 216 g/mol. The molecule has 2 atom stereocenters. The summed E-state index contributed by atoms with van der Waals surface area (Å²) in [4.78, 5) is 0. The SMILES string of the molecule is CCCn1ncc(OC)c1C(O)C(C)C(C)C. The number of aliphatic hydroxyl groups excluding tert-OH is 1. The summed E-state index contributed by atoms with van der Waals surface area (Å²) in [5, 5.41) is 14.7. The van der Waals surface area contributed by atoms with Crippen molar-refractivity contribution in [2.45, 2.75) is 46.8 Å². The fourth-order valence-electron chi connectivity index (χ4n) is 1.84. The van der Waals surface area contributed by atoms with Crippen LogP contribution in [0, 0.1) is 11.8 Å². The summed E-state index contributed by atoms with van der Waals surface area (Å²) in [6.07, 6.45) is 2.14. The molecule has 1 aromatic heterocycles. The number of ether oxygens (including phenoxy) is 1. The van der Waals surface area contributed by atoms with Gasteiger partial charge >= 0.3 is 0 Å². The Balaban J connectivity index is 3.04. The Morgan fingerprint density at radius 1 is 1.41 bits per heavy atom. The number of aliphatic hydroxyl groups is 1. The van der Waals surface area contributed by atoms with Gasteiger partial charge in [-0.2, -0.15) is 5.10 Å². The maximum Gasteiger partial charge on any atom is 0.162 e. The van der Waals surface area contributed by atoms with Gasteiger partial charge in [0.05, 0.1) is 13.3 Å². The molecule has 0 spiro atoms. The molecule has 1 rings (SSSR count). The van der Waals surface area contributed by atoms with Crippen molar-refractivity contribution in [1.29, 1.82) is 0 Å². The van der Waals surface area contributed by atoms with Crippen LogP contribution in [0.1, 0.15) is 45.9 Å². The van der Waals surface area contributed by atoms with E-state index >= 15 is 0 Å². The quantitative estimate of drug-likeness (QED) is 0.831. The number of hydrogen-bond acceptors (Lipinski definition) is 3. The molecule has 0 bridgehead atoms. The Labute approximate surface area is 104 Å². The van der Waals surface area contributed by atoms with Crippen LogP contribution in [0.4, 0.5) is 0 Å². The van der Waals surface area contributed by atoms with Crippen molar-refractivity contribution in [3.63, 3.8) is 0 Å². The van der Waals surface area contributed by atoms with Gasteiger partial charge in [-0.15, -0.1) is 0 Å². The molecule has 0 radical (unpaired) electrons. The van der Waals surface area contributed by atoms with Crippen molar-refractivity contribution in [3.8, 4) is 5.75 Å². The molecule has 4 heteroatoms. The molecule has 0 aliphatic carbocycles. The van der Waals surface area contributed by atoms with E-state index in [1.165, 1.54) is 0 Å². The Kier molecular flexibility index (Phi) is 5.00. The van der Waals surface area contributed by atoms with Crippen molar-refractivity contribution >= 4 is 0 Å². The topological polar surface area (TPSA) is 47.3 Å². The lowest BCUT2D eigenvalue weighted by atomic mass is 9.90. The summed E-state index contributed by atoms with van der Waals surface area (Å²) in [6.45, 7) is 9.18. The van der Waals surface area contributed by atoms with Crippen LogP contribution in [0.15, 0.2) is 6.20 Å². The molecular formula is C13H24N2O2. The number of methoxy groups -OCH3 is 1. The molecule has 1 heterocycles. The molecule has 17 heavy (non-hydrogen) atoms. The summed E-state index contributed by atoms with van der Waals surface area (Å²) >= 11 is 0. The lowest BCUT2D eigenvalue weighted by Crippen LogP contribution is -2.19. The van der Waals surface area contributed by atoms with E-state index in [1.54, 1.807) is 13.3 Å². The first-order valence-electron chi connectivity index (χ1n) is 6.30. The maximum atomic E-state index is 10.4. The van der Waals surface area contributed by atoms with Gasteiger partial charge in [0.1, 0.15) is 11.8 Å². The average Bonchev–Trinajstić information content (AvgIpc) is 2.70. The Bertz CT molecular complexity index is 347. The number of aryl methyl sites for hydroxylation is 1. The largest absolute Gasteiger partial charge is 0.493 e. The van der Waals surface area contributed by atoms with Crippen LogP contribution < -0.4 is 4.74 Å². The van der Waals surface area contributed by atoms with Crippen molar-refractivity contribution in [1.82, 2.24) is 9.78 Å². The fraction of sp³-hybridized carbons (Fsp3) is 0.769. The third-order valence-electron chi connectivity index (χ3n) is 3.33. The molecule has 0 aliphatic rings. The van der Waals surface area contributed by atoms with Crippen molar-refractivity contribution in [3.05, 3.63) is 11.9 Å². The van der Waals surface area contributed by atoms with Gasteiger partial charge in [0.15, 0.2) is 5.75 Å². The minimum atomic E-state index is -0.529. The second kappa shape index (κ2) is 6.05. The second-order valence-corrected chi connectivity index (χ2v) is 4.87. The second-order valence-electron chi connectivity index (χ2n) is 4.87. The first-order valence-corrected chi connectivity index (χ1v) is 6.30. The lowest BCUT2D eigenvalue weighted by molar-refractivity contribution is 0.0809. The molecule has 0 aromatic carbocycles. The zero-order valence-electron chi connectivity index (χ0n) is 11.5. The highest BCUT2D eigenvalue weighted by Crippen LogP contribution is 2.33. The standard InChI is InChI=1S/C13H24N2O2/c1-6-7-15-12(11(17-5)8-14-15)13(16)10(4)9(2)3/h8-10,13,16H,6-7H2,1-5H3. The van der Waals surface area contributed by atoms with Crippen LogP contribution >= 0.6 is 0 Å². The highest BCUT2D eigenvalue weighted by molar-refractivity contribution is 5.27. The van der Waals surface area contributed by atoms with Crippen molar-refractivity contribution in [2.24, 2.45) is 11.8 Å². The van der Waals surface area contributed by atoms with Gasteiger partial charge in [0.25, 0.3) is 0 Å². The summed E-state index contributed by atoms with van der Waals surface area (Å²) in [5.41, 5.74) is 0.801. The Hall–Kier alpha value is -1.03. The van der Waals surface area contributed by atoms with Crippen LogP contribution in [-0.4, -0.2) is 22.0 Å². The summed E-state index contributed by atoms with van der Waals surface area (Å²) in [5.74, 6) is 1.27. The van der Waals surface area contributed by atoms with E-state index in [2.05, 4.69) is 32.8 Å². The van der Waals surface area contributed by atoms with Crippen molar-refractivity contribution < 1.29 is 9.84 Å². The van der Waals surface area contributed by atoms with Gasteiger partial charge in [-0.05, 0) is 18.3 Å². The molecule has 1 aromatic rings. The van der Waals surface area contributed by atoms with Crippen LogP contribution in [0.2, 0.25) is 0 Å². The average molecular weight is 240 g/mol. The minimum absolute atomic E-state index is 0.177. The van der Waals surface area contributed by atoms with E-state index in [1.807, 2.05) is 4.68 Å². The summed E-state index contributed by atoms with van der Waals surface area (Å²) in [6, 6.07) is 0. The van der Waals surface area contributed by atoms with Crippen LogP contribution in [0.3, 0.4) is 0 Å². The first kappa shape index (κ1) is 14.0. The zero-order valence-corrected chi connectivity index (χ0v) is 11.5. The van der Waals surface area contributed by atoms with E-state index in [9.17, 15) is 5.11 Å². The molecule has 0 aliphatic heterocycles. The Morgan fingerprint density at radius 2 is 2.06 bits per heavy atom. The van der Waals surface area contributed by atoms with E-state index < -0.39 is 6.10 Å². The molecule has 0 fully saturated rings. The van der Waals surface area contributed by atoms with Gasteiger partial charge in [-0.1, -0.05) is 27.7 Å².